The maximum Gasteiger partial charge on any atom is 0.218 e. The third-order valence-corrected chi connectivity index (χ3v) is 5.37. The lowest BCUT2D eigenvalue weighted by Gasteiger charge is -2.38. The van der Waals surface area contributed by atoms with Crippen LogP contribution in [-0.4, -0.2) is 69.6 Å². The summed E-state index contributed by atoms with van der Waals surface area (Å²) in [7, 11) is -1.56. The van der Waals surface area contributed by atoms with Crippen LogP contribution in [0.2, 0.25) is 0 Å². The smallest absolute Gasteiger partial charge is 0.218 e. The van der Waals surface area contributed by atoms with Crippen LogP contribution in [0.3, 0.4) is 0 Å². The molecule has 0 radical (unpaired) electrons. The molecular formula is C12H25N3O4S. The standard InChI is InChI=1S/C12H25N3O4S/c1-19-11-2-4-15(10(8-11)9-13)5-7-20(17,18)6-3-12(14)16/h10-11H,2-9,13H2,1H3,(H2,14,16). The molecule has 1 aliphatic heterocycles. The summed E-state index contributed by atoms with van der Waals surface area (Å²) in [6, 6.07) is 0.153. The summed E-state index contributed by atoms with van der Waals surface area (Å²) in [5.74, 6) is -0.729. The van der Waals surface area contributed by atoms with E-state index in [-0.39, 0.29) is 30.1 Å². The number of hydrogen-bond acceptors (Lipinski definition) is 6. The zero-order valence-corrected chi connectivity index (χ0v) is 12.8. The molecule has 1 rings (SSSR count). The number of hydrogen-bond donors (Lipinski definition) is 2. The molecule has 2 unspecified atom stereocenters. The second-order valence-corrected chi connectivity index (χ2v) is 7.48. The fourth-order valence-electron chi connectivity index (χ4n) is 2.43. The molecule has 1 amide bonds. The molecule has 1 aliphatic rings. The van der Waals surface area contributed by atoms with E-state index in [1.54, 1.807) is 7.11 Å². The van der Waals surface area contributed by atoms with E-state index in [2.05, 4.69) is 4.90 Å². The number of sulfone groups is 1. The minimum absolute atomic E-state index is 0.0361. The van der Waals surface area contributed by atoms with Gasteiger partial charge in [0.1, 0.15) is 0 Å². The lowest BCUT2D eigenvalue weighted by atomic mass is 9.99. The van der Waals surface area contributed by atoms with Crippen molar-refractivity contribution < 1.29 is 17.9 Å². The third kappa shape index (κ3) is 5.74. The van der Waals surface area contributed by atoms with Crippen LogP contribution >= 0.6 is 0 Å². The second-order valence-electron chi connectivity index (χ2n) is 5.18. The first kappa shape index (κ1) is 17.4. The average Bonchev–Trinajstić information content (AvgIpc) is 2.43. The first-order chi connectivity index (χ1) is 9.38. The van der Waals surface area contributed by atoms with E-state index in [0.29, 0.717) is 13.1 Å². The lowest BCUT2D eigenvalue weighted by Crippen LogP contribution is -2.50. The SMILES string of the molecule is COC1CCN(CCS(=O)(=O)CCC(N)=O)C(CN)C1. The fraction of sp³-hybridized carbons (Fsp3) is 0.917. The third-order valence-electron chi connectivity index (χ3n) is 3.74. The van der Waals surface area contributed by atoms with Gasteiger partial charge in [0.15, 0.2) is 9.84 Å². The number of ether oxygens (including phenoxy) is 1. The van der Waals surface area contributed by atoms with Crippen molar-refractivity contribution in [1.29, 1.82) is 0 Å². The molecule has 0 aromatic rings. The van der Waals surface area contributed by atoms with Gasteiger partial charge in [0, 0.05) is 39.2 Å². The van der Waals surface area contributed by atoms with Gasteiger partial charge in [-0.3, -0.25) is 9.69 Å². The zero-order chi connectivity index (χ0) is 15.2. The second kappa shape index (κ2) is 7.92. The van der Waals surface area contributed by atoms with E-state index in [4.69, 9.17) is 16.2 Å². The van der Waals surface area contributed by atoms with Crippen molar-refractivity contribution in [2.24, 2.45) is 11.5 Å². The molecular weight excluding hydrogens is 282 g/mol. The minimum atomic E-state index is -3.24. The first-order valence-corrected chi connectivity index (χ1v) is 8.65. The van der Waals surface area contributed by atoms with Gasteiger partial charge in [-0.25, -0.2) is 8.42 Å². The molecule has 4 N–H and O–H groups in total. The quantitative estimate of drug-likeness (QED) is 0.577. The Hall–Kier alpha value is -0.700. The average molecular weight is 307 g/mol. The summed E-state index contributed by atoms with van der Waals surface area (Å²) < 4.78 is 28.9. The number of rotatable bonds is 8. The van der Waals surface area contributed by atoms with Crippen LogP contribution in [0.25, 0.3) is 0 Å². The molecule has 1 saturated heterocycles. The number of nitrogens with two attached hydrogens (primary N) is 2. The highest BCUT2D eigenvalue weighted by atomic mass is 32.2. The van der Waals surface area contributed by atoms with Crippen LogP contribution < -0.4 is 11.5 Å². The van der Waals surface area contributed by atoms with Gasteiger partial charge in [-0.15, -0.1) is 0 Å². The van der Waals surface area contributed by atoms with Crippen LogP contribution in [0, 0.1) is 0 Å². The Morgan fingerprint density at radius 1 is 1.40 bits per heavy atom. The highest BCUT2D eigenvalue weighted by Crippen LogP contribution is 2.19. The van der Waals surface area contributed by atoms with Crippen LogP contribution in [0.15, 0.2) is 0 Å². The van der Waals surface area contributed by atoms with Crippen LogP contribution in [0.5, 0.6) is 0 Å². The molecule has 1 fully saturated rings. The van der Waals surface area contributed by atoms with Crippen molar-refractivity contribution >= 4 is 15.7 Å². The van der Waals surface area contributed by atoms with Crippen LogP contribution in [-0.2, 0) is 19.4 Å². The van der Waals surface area contributed by atoms with Gasteiger partial charge < -0.3 is 16.2 Å². The number of carbonyl (C=O) groups is 1. The molecule has 2 atom stereocenters. The van der Waals surface area contributed by atoms with E-state index < -0.39 is 15.7 Å². The van der Waals surface area contributed by atoms with E-state index in [1.807, 2.05) is 0 Å². The lowest BCUT2D eigenvalue weighted by molar-refractivity contribution is -0.117. The molecule has 20 heavy (non-hydrogen) atoms. The van der Waals surface area contributed by atoms with Gasteiger partial charge in [-0.2, -0.15) is 0 Å². The van der Waals surface area contributed by atoms with Crippen molar-refractivity contribution in [3.63, 3.8) is 0 Å². The predicted octanol–water partition coefficient (Wildman–Crippen LogP) is -1.29. The normalized spacial score (nSPS) is 24.7. The highest BCUT2D eigenvalue weighted by molar-refractivity contribution is 7.91. The highest BCUT2D eigenvalue weighted by Gasteiger charge is 2.28. The number of primary amides is 1. The minimum Gasteiger partial charge on any atom is -0.381 e. The van der Waals surface area contributed by atoms with E-state index in [9.17, 15) is 13.2 Å². The topological polar surface area (TPSA) is 116 Å². The molecule has 1 heterocycles. The maximum atomic E-state index is 11.8. The number of piperidine rings is 1. The number of likely N-dealkylation sites (tertiary alicyclic amines) is 1. The Bertz CT molecular complexity index is 413. The summed E-state index contributed by atoms with van der Waals surface area (Å²) in [4.78, 5) is 12.7. The summed E-state index contributed by atoms with van der Waals surface area (Å²) in [5, 5.41) is 0. The fourth-order valence-corrected chi connectivity index (χ4v) is 3.66. The van der Waals surface area contributed by atoms with Crippen molar-refractivity contribution in [2.45, 2.75) is 31.4 Å². The Labute approximate surface area is 120 Å². The molecule has 0 saturated carbocycles. The van der Waals surface area contributed by atoms with Gasteiger partial charge in [-0.05, 0) is 12.8 Å². The van der Waals surface area contributed by atoms with Crippen molar-refractivity contribution in [1.82, 2.24) is 4.90 Å². The molecule has 0 aliphatic carbocycles. The van der Waals surface area contributed by atoms with Gasteiger partial charge in [0.05, 0.1) is 17.6 Å². The van der Waals surface area contributed by atoms with Gasteiger partial charge in [-0.1, -0.05) is 0 Å². The van der Waals surface area contributed by atoms with E-state index >= 15 is 0 Å². The molecule has 0 spiro atoms. The van der Waals surface area contributed by atoms with Crippen LogP contribution in [0.4, 0.5) is 0 Å². The Balaban J connectivity index is 2.45. The summed E-state index contributed by atoms with van der Waals surface area (Å²) in [6.07, 6.45) is 1.79. The van der Waals surface area contributed by atoms with Gasteiger partial charge in [0.2, 0.25) is 5.91 Å². The van der Waals surface area contributed by atoms with Crippen molar-refractivity contribution in [3.8, 4) is 0 Å². The Morgan fingerprint density at radius 3 is 2.65 bits per heavy atom. The summed E-state index contributed by atoms with van der Waals surface area (Å²) in [6.45, 7) is 1.71. The summed E-state index contributed by atoms with van der Waals surface area (Å²) in [5.41, 5.74) is 10.7. The molecule has 0 aromatic carbocycles. The van der Waals surface area contributed by atoms with Gasteiger partial charge >= 0.3 is 0 Å². The number of carbonyl (C=O) groups excluding carboxylic acids is 1. The number of amides is 1. The van der Waals surface area contributed by atoms with Crippen molar-refractivity contribution in [2.75, 3.05) is 38.2 Å². The summed E-state index contributed by atoms with van der Waals surface area (Å²) >= 11 is 0. The van der Waals surface area contributed by atoms with Crippen LogP contribution in [0.1, 0.15) is 19.3 Å². The Morgan fingerprint density at radius 2 is 2.10 bits per heavy atom. The molecule has 8 heteroatoms. The van der Waals surface area contributed by atoms with E-state index in [0.717, 1.165) is 19.4 Å². The largest absolute Gasteiger partial charge is 0.381 e. The zero-order valence-electron chi connectivity index (χ0n) is 12.0. The van der Waals surface area contributed by atoms with Gasteiger partial charge in [0.25, 0.3) is 0 Å². The number of nitrogens with zero attached hydrogens (tertiary/aromatic N) is 1. The van der Waals surface area contributed by atoms with Crippen molar-refractivity contribution in [3.05, 3.63) is 0 Å². The molecule has 118 valence electrons. The molecule has 0 aromatic heterocycles. The maximum absolute atomic E-state index is 11.8. The first-order valence-electron chi connectivity index (χ1n) is 6.83. The Kier molecular flexibility index (Phi) is 6.87. The monoisotopic (exact) mass is 307 g/mol. The number of methoxy groups -OCH3 is 1. The predicted molar refractivity (Wildman–Crippen MR) is 76.9 cm³/mol. The molecule has 0 bridgehead atoms. The van der Waals surface area contributed by atoms with E-state index in [1.165, 1.54) is 0 Å². The molecule has 7 nitrogen and oxygen atoms in total.